The maximum absolute atomic E-state index is 11.0. The zero-order valence-corrected chi connectivity index (χ0v) is 10.8. The topological polar surface area (TPSA) is 49.3 Å². The molecule has 0 aliphatic heterocycles. The number of hydrogen-bond acceptors (Lipinski definition) is 2. The summed E-state index contributed by atoms with van der Waals surface area (Å²) in [5.41, 5.74) is 0. The molecule has 0 aromatic heterocycles. The third-order valence-electron chi connectivity index (χ3n) is 4.68. The van der Waals surface area contributed by atoms with Crippen LogP contribution in [0.25, 0.3) is 0 Å². The second-order valence-corrected chi connectivity index (χ2v) is 5.71. The fraction of sp³-hybridized carbons (Fsp3) is 0.929. The van der Waals surface area contributed by atoms with Crippen LogP contribution in [0.15, 0.2) is 0 Å². The van der Waals surface area contributed by atoms with Crippen molar-refractivity contribution in [3.63, 3.8) is 0 Å². The van der Waals surface area contributed by atoms with Crippen LogP contribution in [0, 0.1) is 11.8 Å². The summed E-state index contributed by atoms with van der Waals surface area (Å²) in [6, 6.07) is 0.779. The van der Waals surface area contributed by atoms with Crippen molar-refractivity contribution in [1.82, 2.24) is 5.32 Å². The van der Waals surface area contributed by atoms with Crippen molar-refractivity contribution in [2.24, 2.45) is 11.8 Å². The maximum Gasteiger partial charge on any atom is 0.308 e. The van der Waals surface area contributed by atoms with E-state index in [0.29, 0.717) is 6.04 Å². The van der Waals surface area contributed by atoms with Crippen LogP contribution in [0.3, 0.4) is 0 Å². The Morgan fingerprint density at radius 3 is 2.41 bits per heavy atom. The minimum Gasteiger partial charge on any atom is -0.481 e. The highest BCUT2D eigenvalue weighted by Gasteiger charge is 2.38. The number of carboxylic acid groups (broad SMARTS) is 1. The highest BCUT2D eigenvalue weighted by molar-refractivity contribution is 5.72. The van der Waals surface area contributed by atoms with Gasteiger partial charge in [-0.2, -0.15) is 0 Å². The number of aliphatic carboxylic acids is 1. The molecule has 2 aliphatic carbocycles. The summed E-state index contributed by atoms with van der Waals surface area (Å²) in [4.78, 5) is 11.0. The van der Waals surface area contributed by atoms with Gasteiger partial charge in [0.25, 0.3) is 0 Å². The molecule has 0 aromatic rings. The van der Waals surface area contributed by atoms with Gasteiger partial charge in [0.1, 0.15) is 0 Å². The number of carbonyl (C=O) groups is 1. The first-order chi connectivity index (χ1) is 8.22. The molecule has 3 atom stereocenters. The van der Waals surface area contributed by atoms with Crippen LogP contribution in [-0.2, 0) is 4.79 Å². The van der Waals surface area contributed by atoms with Gasteiger partial charge in [0.15, 0.2) is 0 Å². The van der Waals surface area contributed by atoms with E-state index in [1.165, 1.54) is 32.1 Å². The maximum atomic E-state index is 11.0. The Labute approximate surface area is 104 Å². The van der Waals surface area contributed by atoms with Gasteiger partial charge in [0, 0.05) is 12.1 Å². The molecule has 3 heteroatoms. The Hall–Kier alpha value is -0.570. The first-order valence-electron chi connectivity index (χ1n) is 7.21. The minimum absolute atomic E-state index is 0.132. The Morgan fingerprint density at radius 1 is 1.24 bits per heavy atom. The van der Waals surface area contributed by atoms with E-state index in [0.717, 1.165) is 25.2 Å². The number of rotatable bonds is 5. The van der Waals surface area contributed by atoms with Crippen molar-refractivity contribution in [2.45, 2.75) is 70.4 Å². The molecule has 2 N–H and O–H groups in total. The standard InChI is InChI=1S/C14H25NO2/c1-2-12(10-6-4-3-5-7-10)15-13-9-8-11(13)14(16)17/h10-13,15H,2-9H2,1H3,(H,16,17). The first-order valence-corrected chi connectivity index (χ1v) is 7.21. The molecule has 0 aromatic carbocycles. The van der Waals surface area contributed by atoms with Gasteiger partial charge in [-0.3, -0.25) is 4.79 Å². The predicted molar refractivity (Wildman–Crippen MR) is 67.9 cm³/mol. The van der Waals surface area contributed by atoms with Crippen molar-refractivity contribution in [3.8, 4) is 0 Å². The van der Waals surface area contributed by atoms with E-state index < -0.39 is 5.97 Å². The van der Waals surface area contributed by atoms with Gasteiger partial charge in [0.2, 0.25) is 0 Å². The zero-order chi connectivity index (χ0) is 12.3. The van der Waals surface area contributed by atoms with Crippen LogP contribution >= 0.6 is 0 Å². The van der Waals surface area contributed by atoms with E-state index in [9.17, 15) is 4.79 Å². The molecule has 0 bridgehead atoms. The Bertz CT molecular complexity index is 261. The third kappa shape index (κ3) is 3.01. The van der Waals surface area contributed by atoms with Gasteiger partial charge >= 0.3 is 5.97 Å². The SMILES string of the molecule is CCC(NC1CCC1C(=O)O)C1CCCCC1. The van der Waals surface area contributed by atoms with Crippen LogP contribution in [0.1, 0.15) is 58.3 Å². The van der Waals surface area contributed by atoms with E-state index >= 15 is 0 Å². The average molecular weight is 239 g/mol. The second kappa shape index (κ2) is 5.85. The molecule has 0 radical (unpaired) electrons. The molecule has 0 amide bonds. The molecule has 2 rings (SSSR count). The van der Waals surface area contributed by atoms with Gasteiger partial charge in [-0.25, -0.2) is 0 Å². The van der Waals surface area contributed by atoms with E-state index in [1.807, 2.05) is 0 Å². The quantitative estimate of drug-likeness (QED) is 0.775. The highest BCUT2D eigenvalue weighted by atomic mass is 16.4. The fourth-order valence-corrected chi connectivity index (χ4v) is 3.39. The first kappa shape index (κ1) is 12.9. The van der Waals surface area contributed by atoms with Gasteiger partial charge in [-0.05, 0) is 38.0 Å². The summed E-state index contributed by atoms with van der Waals surface area (Å²) < 4.78 is 0. The molecule has 2 fully saturated rings. The molecular weight excluding hydrogens is 214 g/mol. The summed E-state index contributed by atoms with van der Waals surface area (Å²) in [5.74, 6) is 0.0312. The van der Waals surface area contributed by atoms with Gasteiger partial charge in [-0.1, -0.05) is 26.2 Å². The summed E-state index contributed by atoms with van der Waals surface area (Å²) >= 11 is 0. The Balaban J connectivity index is 1.84. The van der Waals surface area contributed by atoms with Gasteiger partial charge < -0.3 is 10.4 Å². The van der Waals surface area contributed by atoms with Crippen molar-refractivity contribution in [3.05, 3.63) is 0 Å². The Kier molecular flexibility index (Phi) is 4.43. The van der Waals surface area contributed by atoms with E-state index in [4.69, 9.17) is 5.11 Å². The van der Waals surface area contributed by atoms with Crippen molar-refractivity contribution in [1.29, 1.82) is 0 Å². The molecule has 0 heterocycles. The van der Waals surface area contributed by atoms with Crippen LogP contribution in [-0.4, -0.2) is 23.2 Å². The van der Waals surface area contributed by atoms with E-state index in [2.05, 4.69) is 12.2 Å². The second-order valence-electron chi connectivity index (χ2n) is 5.71. The summed E-state index contributed by atoms with van der Waals surface area (Å²) in [6.45, 7) is 2.22. The fourth-order valence-electron chi connectivity index (χ4n) is 3.39. The largest absolute Gasteiger partial charge is 0.481 e. The summed E-state index contributed by atoms with van der Waals surface area (Å²) in [7, 11) is 0. The number of nitrogens with one attached hydrogen (secondary N) is 1. The van der Waals surface area contributed by atoms with Crippen molar-refractivity contribution in [2.75, 3.05) is 0 Å². The van der Waals surface area contributed by atoms with E-state index in [-0.39, 0.29) is 12.0 Å². The highest BCUT2D eigenvalue weighted by Crippen LogP contribution is 2.32. The third-order valence-corrected chi connectivity index (χ3v) is 4.68. The van der Waals surface area contributed by atoms with Crippen molar-refractivity contribution < 1.29 is 9.90 Å². The van der Waals surface area contributed by atoms with Gasteiger partial charge in [0.05, 0.1) is 5.92 Å². The van der Waals surface area contributed by atoms with Crippen LogP contribution < -0.4 is 5.32 Å². The van der Waals surface area contributed by atoms with Crippen molar-refractivity contribution >= 4 is 5.97 Å². The predicted octanol–water partition coefficient (Wildman–Crippen LogP) is 2.80. The molecule has 17 heavy (non-hydrogen) atoms. The lowest BCUT2D eigenvalue weighted by Crippen LogP contribution is -2.53. The normalized spacial score (nSPS) is 31.8. The monoisotopic (exact) mass is 239 g/mol. The molecule has 2 saturated carbocycles. The molecule has 0 saturated heterocycles. The molecule has 0 spiro atoms. The van der Waals surface area contributed by atoms with Gasteiger partial charge in [-0.15, -0.1) is 0 Å². The number of carboxylic acids is 1. The lowest BCUT2D eigenvalue weighted by molar-refractivity contribution is -0.146. The molecule has 3 unspecified atom stereocenters. The summed E-state index contributed by atoms with van der Waals surface area (Å²) in [5, 5.41) is 12.7. The molecule has 3 nitrogen and oxygen atoms in total. The van der Waals surface area contributed by atoms with Crippen LogP contribution in [0.5, 0.6) is 0 Å². The minimum atomic E-state index is -0.618. The summed E-state index contributed by atoms with van der Waals surface area (Å²) in [6.07, 6.45) is 9.79. The molecule has 2 aliphatic rings. The smallest absolute Gasteiger partial charge is 0.308 e. The van der Waals surface area contributed by atoms with Crippen LogP contribution in [0.2, 0.25) is 0 Å². The lowest BCUT2D eigenvalue weighted by atomic mass is 9.77. The molecule has 98 valence electrons. The number of hydrogen-bond donors (Lipinski definition) is 2. The van der Waals surface area contributed by atoms with E-state index in [1.54, 1.807) is 0 Å². The van der Waals surface area contributed by atoms with Crippen LogP contribution in [0.4, 0.5) is 0 Å². The average Bonchev–Trinajstić information content (AvgIpc) is 2.29. The lowest BCUT2D eigenvalue weighted by Gasteiger charge is -2.40. The zero-order valence-electron chi connectivity index (χ0n) is 10.8. The Morgan fingerprint density at radius 2 is 1.94 bits per heavy atom. The molecular formula is C14H25NO2.